The first-order chi connectivity index (χ1) is 7.00. The van der Waals surface area contributed by atoms with Gasteiger partial charge in [0.15, 0.2) is 0 Å². The molecular formula is C5Cl3F9. The Balaban J connectivity index is 5.73. The van der Waals surface area contributed by atoms with Crippen LogP contribution in [0.1, 0.15) is 0 Å². The van der Waals surface area contributed by atoms with E-state index in [4.69, 9.17) is 0 Å². The highest BCUT2D eigenvalue weighted by Crippen LogP contribution is 2.59. The monoisotopic (exact) mass is 336 g/mol. The van der Waals surface area contributed by atoms with Crippen molar-refractivity contribution in [2.24, 2.45) is 0 Å². The number of halogens is 12. The molecule has 0 nitrogen and oxygen atoms in total. The van der Waals surface area contributed by atoms with Crippen LogP contribution in [0, 0.1) is 0 Å². The minimum absolute atomic E-state index is 3.79. The molecule has 0 aromatic rings. The van der Waals surface area contributed by atoms with E-state index in [0.717, 1.165) is 0 Å². The van der Waals surface area contributed by atoms with Gasteiger partial charge < -0.3 is 0 Å². The van der Waals surface area contributed by atoms with Crippen LogP contribution in [0.25, 0.3) is 0 Å². The Bertz CT molecular complexity index is 260. The van der Waals surface area contributed by atoms with Crippen LogP contribution in [0.3, 0.4) is 0 Å². The lowest BCUT2D eigenvalue weighted by Gasteiger charge is -2.37. The zero-order valence-corrected chi connectivity index (χ0v) is 9.30. The summed E-state index contributed by atoms with van der Waals surface area (Å²) in [7, 11) is 0. The van der Waals surface area contributed by atoms with E-state index < -0.39 is 27.7 Å². The Hall–Kier alpha value is 0.240. The van der Waals surface area contributed by atoms with E-state index in [2.05, 4.69) is 34.8 Å². The lowest BCUT2D eigenvalue weighted by Crippen LogP contribution is -2.64. The van der Waals surface area contributed by atoms with Gasteiger partial charge in [-0.3, -0.25) is 0 Å². The summed E-state index contributed by atoms with van der Waals surface area (Å²) >= 11 is 11.8. The maximum absolute atomic E-state index is 12.8. The molecule has 0 rings (SSSR count). The Morgan fingerprint density at radius 1 is 0.529 bits per heavy atom. The van der Waals surface area contributed by atoms with Crippen LogP contribution >= 0.6 is 34.8 Å². The van der Waals surface area contributed by atoms with Gasteiger partial charge in [0.05, 0.1) is 0 Å². The Morgan fingerprint density at radius 2 is 0.824 bits per heavy atom. The molecule has 0 heterocycles. The first kappa shape index (κ1) is 17.2. The van der Waals surface area contributed by atoms with Crippen LogP contribution in [-0.4, -0.2) is 27.7 Å². The Kier molecular flexibility index (Phi) is 4.18. The van der Waals surface area contributed by atoms with Gasteiger partial charge in [-0.25, -0.2) is 8.78 Å². The summed E-state index contributed by atoms with van der Waals surface area (Å²) in [4.78, 5) is 0. The van der Waals surface area contributed by atoms with Crippen LogP contribution < -0.4 is 0 Å². The largest absolute Gasteiger partial charge is 0.458 e. The molecule has 0 aliphatic carbocycles. The van der Waals surface area contributed by atoms with Gasteiger partial charge in [0.25, 0.3) is 0 Å². The van der Waals surface area contributed by atoms with Gasteiger partial charge in [-0.1, -0.05) is 34.8 Å². The summed E-state index contributed by atoms with van der Waals surface area (Å²) in [6, 6.07) is 0. The highest BCUT2D eigenvalue weighted by molar-refractivity contribution is 6.48. The van der Waals surface area contributed by atoms with E-state index in [9.17, 15) is 39.5 Å². The summed E-state index contributed by atoms with van der Waals surface area (Å²) in [5.74, 6) is -13.0. The quantitative estimate of drug-likeness (QED) is 0.511. The fraction of sp³-hybridized carbons (Fsp3) is 1.00. The molecule has 1 atom stereocenters. The molecule has 12 heteroatoms. The second-order valence-corrected chi connectivity index (χ2v) is 4.47. The molecule has 0 spiro atoms. The van der Waals surface area contributed by atoms with Crippen molar-refractivity contribution in [3.8, 4) is 0 Å². The first-order valence-electron chi connectivity index (χ1n) is 3.27. The van der Waals surface area contributed by atoms with E-state index in [1.165, 1.54) is 0 Å². The van der Waals surface area contributed by atoms with E-state index >= 15 is 0 Å². The SMILES string of the molecule is FC(F)(F)C(F)(F)C(F)(Cl)C(F)(F)C(F)(Cl)Cl. The zero-order chi connectivity index (χ0) is 14.5. The molecule has 0 radical (unpaired) electrons. The van der Waals surface area contributed by atoms with Crippen molar-refractivity contribution in [1.29, 1.82) is 0 Å². The van der Waals surface area contributed by atoms with Crippen LogP contribution in [0.15, 0.2) is 0 Å². The van der Waals surface area contributed by atoms with E-state index in [1.54, 1.807) is 0 Å². The van der Waals surface area contributed by atoms with E-state index in [-0.39, 0.29) is 0 Å². The molecule has 17 heavy (non-hydrogen) atoms. The van der Waals surface area contributed by atoms with Crippen LogP contribution in [-0.2, 0) is 0 Å². The predicted octanol–water partition coefficient (Wildman–Crippen LogP) is 4.82. The standard InChI is InChI=1S/C5Cl3F9/c6-1(9,2(10,11)4(7,8)14)3(12,13)5(15,16)17. The average molecular weight is 337 g/mol. The number of alkyl halides is 12. The molecule has 0 saturated carbocycles. The molecular weight excluding hydrogens is 337 g/mol. The van der Waals surface area contributed by atoms with Crippen molar-refractivity contribution in [2.75, 3.05) is 0 Å². The van der Waals surface area contributed by atoms with Gasteiger partial charge in [-0.15, -0.1) is 0 Å². The minimum atomic E-state index is -6.80. The number of hydrogen-bond acceptors (Lipinski definition) is 0. The van der Waals surface area contributed by atoms with E-state index in [0.29, 0.717) is 0 Å². The summed E-state index contributed by atoms with van der Waals surface area (Å²) in [6.07, 6.45) is -6.80. The molecule has 0 amide bonds. The summed E-state index contributed by atoms with van der Waals surface area (Å²) in [5.41, 5.74) is 0. The van der Waals surface area contributed by atoms with Crippen LogP contribution in [0.2, 0.25) is 0 Å². The maximum atomic E-state index is 12.8. The predicted molar refractivity (Wildman–Crippen MR) is 41.2 cm³/mol. The van der Waals surface area contributed by atoms with E-state index in [1.807, 2.05) is 0 Å². The smallest absolute Gasteiger partial charge is 0.212 e. The van der Waals surface area contributed by atoms with Gasteiger partial charge in [0, 0.05) is 0 Å². The molecule has 104 valence electrons. The minimum Gasteiger partial charge on any atom is -0.212 e. The lowest BCUT2D eigenvalue weighted by atomic mass is 10.1. The van der Waals surface area contributed by atoms with Crippen molar-refractivity contribution < 1.29 is 39.5 Å². The maximum Gasteiger partial charge on any atom is 0.458 e. The first-order valence-corrected chi connectivity index (χ1v) is 4.40. The van der Waals surface area contributed by atoms with Gasteiger partial charge in [0.2, 0.25) is 0 Å². The van der Waals surface area contributed by atoms with Gasteiger partial charge in [-0.2, -0.15) is 30.7 Å². The van der Waals surface area contributed by atoms with Crippen molar-refractivity contribution in [3.63, 3.8) is 0 Å². The molecule has 0 aromatic heterocycles. The third-order valence-corrected chi connectivity index (χ3v) is 2.45. The van der Waals surface area contributed by atoms with Crippen LogP contribution in [0.5, 0.6) is 0 Å². The third-order valence-electron chi connectivity index (χ3n) is 1.50. The zero-order valence-electron chi connectivity index (χ0n) is 7.04. The van der Waals surface area contributed by atoms with Crippen molar-refractivity contribution in [2.45, 2.75) is 27.7 Å². The molecule has 0 bridgehead atoms. The normalized spacial score (nSPS) is 19.1. The molecule has 0 saturated heterocycles. The van der Waals surface area contributed by atoms with Gasteiger partial charge in [-0.05, 0) is 0 Å². The third kappa shape index (κ3) is 2.51. The second-order valence-electron chi connectivity index (χ2n) is 2.72. The van der Waals surface area contributed by atoms with Crippen LogP contribution in [0.4, 0.5) is 39.5 Å². The molecule has 0 aliphatic heterocycles. The highest BCUT2D eigenvalue weighted by atomic mass is 35.5. The molecule has 0 fully saturated rings. The second kappa shape index (κ2) is 4.12. The Morgan fingerprint density at radius 3 is 1.00 bits per heavy atom. The highest BCUT2D eigenvalue weighted by Gasteiger charge is 2.84. The number of rotatable bonds is 3. The molecule has 0 aromatic carbocycles. The lowest BCUT2D eigenvalue weighted by molar-refractivity contribution is -0.344. The summed E-state index contributed by atoms with van der Waals surface area (Å²) in [6.45, 7) is 0. The van der Waals surface area contributed by atoms with Crippen molar-refractivity contribution >= 4 is 34.8 Å². The fourth-order valence-electron chi connectivity index (χ4n) is 0.553. The molecule has 0 aliphatic rings. The van der Waals surface area contributed by atoms with Gasteiger partial charge in [0.1, 0.15) is 0 Å². The topological polar surface area (TPSA) is 0 Å². The summed E-state index contributed by atoms with van der Waals surface area (Å²) < 4.78 is 105. The van der Waals surface area contributed by atoms with Gasteiger partial charge >= 0.3 is 27.7 Å². The molecule has 0 N–H and O–H groups in total. The van der Waals surface area contributed by atoms with Crippen molar-refractivity contribution in [3.05, 3.63) is 0 Å². The number of hydrogen-bond donors (Lipinski definition) is 0. The average Bonchev–Trinajstić information content (AvgIpc) is 1.98. The van der Waals surface area contributed by atoms with Crippen molar-refractivity contribution in [1.82, 2.24) is 0 Å². The Labute approximate surface area is 103 Å². The fourth-order valence-corrected chi connectivity index (χ4v) is 1.15. The molecule has 1 unspecified atom stereocenters. The summed E-state index contributed by atoms with van der Waals surface area (Å²) in [5, 5.41) is -6.20.